The molecule has 0 bridgehead atoms. The van der Waals surface area contributed by atoms with Crippen LogP contribution in [0.15, 0.2) is 65.0 Å². The lowest BCUT2D eigenvalue weighted by Gasteiger charge is -2.05. The van der Waals surface area contributed by atoms with Crippen molar-refractivity contribution in [1.29, 1.82) is 0 Å². The predicted molar refractivity (Wildman–Crippen MR) is 84.8 cm³/mol. The summed E-state index contributed by atoms with van der Waals surface area (Å²) in [5.74, 6) is 0. The Balaban J connectivity index is 2.14. The van der Waals surface area contributed by atoms with Crippen LogP contribution in [-0.4, -0.2) is 4.57 Å². The fraction of sp³-hybridized carbons (Fsp3) is 0.118. The number of nitrogens with zero attached hydrogens (tertiary/aromatic N) is 2. The SMILES string of the molecule is Cc1ccc(N=c2scc(C)n2-c2ccccc2)cc1. The molecule has 0 aliphatic rings. The summed E-state index contributed by atoms with van der Waals surface area (Å²) in [6.07, 6.45) is 0. The Morgan fingerprint density at radius 2 is 1.60 bits per heavy atom. The highest BCUT2D eigenvalue weighted by molar-refractivity contribution is 7.07. The first kappa shape index (κ1) is 12.9. The van der Waals surface area contributed by atoms with Crippen LogP contribution in [0.5, 0.6) is 0 Å². The molecule has 0 aliphatic carbocycles. The minimum absolute atomic E-state index is 0.988. The summed E-state index contributed by atoms with van der Waals surface area (Å²) >= 11 is 1.67. The van der Waals surface area contributed by atoms with E-state index in [1.165, 1.54) is 11.3 Å². The molecular weight excluding hydrogens is 264 g/mol. The van der Waals surface area contributed by atoms with Gasteiger partial charge >= 0.3 is 0 Å². The van der Waals surface area contributed by atoms with E-state index in [4.69, 9.17) is 4.99 Å². The molecule has 0 radical (unpaired) electrons. The Labute approximate surface area is 122 Å². The molecule has 0 aliphatic heterocycles. The van der Waals surface area contributed by atoms with Crippen LogP contribution in [-0.2, 0) is 0 Å². The average Bonchev–Trinajstić information content (AvgIpc) is 2.83. The summed E-state index contributed by atoms with van der Waals surface area (Å²) in [6, 6.07) is 18.6. The van der Waals surface area contributed by atoms with Crippen molar-refractivity contribution < 1.29 is 0 Å². The molecule has 20 heavy (non-hydrogen) atoms. The molecule has 1 heterocycles. The Morgan fingerprint density at radius 3 is 2.30 bits per heavy atom. The van der Waals surface area contributed by atoms with Gasteiger partial charge in [0.05, 0.1) is 5.69 Å². The molecule has 3 aromatic rings. The maximum Gasteiger partial charge on any atom is 0.194 e. The number of benzene rings is 2. The van der Waals surface area contributed by atoms with E-state index < -0.39 is 0 Å². The van der Waals surface area contributed by atoms with E-state index in [-0.39, 0.29) is 0 Å². The van der Waals surface area contributed by atoms with Crippen molar-refractivity contribution >= 4 is 17.0 Å². The largest absolute Gasteiger partial charge is 0.290 e. The average molecular weight is 280 g/mol. The minimum Gasteiger partial charge on any atom is -0.290 e. The van der Waals surface area contributed by atoms with Crippen LogP contribution in [0.2, 0.25) is 0 Å². The second-order valence-corrected chi connectivity index (χ2v) is 5.61. The third-order valence-corrected chi connectivity index (χ3v) is 4.10. The number of aryl methyl sites for hydroxylation is 2. The van der Waals surface area contributed by atoms with Gasteiger partial charge in [0, 0.05) is 16.8 Å². The van der Waals surface area contributed by atoms with Crippen molar-refractivity contribution in [2.75, 3.05) is 0 Å². The summed E-state index contributed by atoms with van der Waals surface area (Å²) in [4.78, 5) is 5.76. The fourth-order valence-corrected chi connectivity index (χ4v) is 2.99. The lowest BCUT2D eigenvalue weighted by molar-refractivity contribution is 0.954. The van der Waals surface area contributed by atoms with E-state index >= 15 is 0 Å². The van der Waals surface area contributed by atoms with Crippen molar-refractivity contribution in [3.63, 3.8) is 0 Å². The number of rotatable bonds is 2. The zero-order chi connectivity index (χ0) is 13.9. The molecule has 0 amide bonds. The minimum atomic E-state index is 0.988. The highest BCUT2D eigenvalue weighted by Gasteiger charge is 2.03. The van der Waals surface area contributed by atoms with Gasteiger partial charge in [0.15, 0.2) is 4.80 Å². The summed E-state index contributed by atoms with van der Waals surface area (Å²) in [7, 11) is 0. The molecule has 2 nitrogen and oxygen atoms in total. The topological polar surface area (TPSA) is 17.3 Å². The number of aromatic nitrogens is 1. The Hall–Kier alpha value is -2.13. The highest BCUT2D eigenvalue weighted by atomic mass is 32.1. The van der Waals surface area contributed by atoms with Crippen molar-refractivity contribution in [2.45, 2.75) is 13.8 Å². The van der Waals surface area contributed by atoms with Gasteiger partial charge in [-0.3, -0.25) is 4.57 Å². The van der Waals surface area contributed by atoms with Crippen molar-refractivity contribution in [2.24, 2.45) is 4.99 Å². The lowest BCUT2D eigenvalue weighted by Crippen LogP contribution is -2.13. The first-order chi connectivity index (χ1) is 9.74. The van der Waals surface area contributed by atoms with Crippen molar-refractivity contribution in [1.82, 2.24) is 4.57 Å². The first-order valence-corrected chi connectivity index (χ1v) is 7.46. The van der Waals surface area contributed by atoms with Gasteiger partial charge in [0.1, 0.15) is 0 Å². The number of thiazole rings is 1. The summed E-state index contributed by atoms with van der Waals surface area (Å²) in [6.45, 7) is 4.20. The summed E-state index contributed by atoms with van der Waals surface area (Å²) < 4.78 is 2.19. The zero-order valence-electron chi connectivity index (χ0n) is 11.6. The normalized spacial score (nSPS) is 11.8. The van der Waals surface area contributed by atoms with E-state index in [0.29, 0.717) is 0 Å². The van der Waals surface area contributed by atoms with E-state index in [0.717, 1.165) is 16.2 Å². The standard InChI is InChI=1S/C17H16N2S/c1-13-8-10-15(11-9-13)18-17-19(14(2)12-20-17)16-6-4-3-5-7-16/h3-12H,1-2H3. The third kappa shape index (κ3) is 2.58. The molecule has 3 rings (SSSR count). The lowest BCUT2D eigenvalue weighted by atomic mass is 10.2. The molecule has 0 unspecified atom stereocenters. The molecule has 100 valence electrons. The van der Waals surface area contributed by atoms with E-state index in [1.807, 2.05) is 6.07 Å². The number of hydrogen-bond acceptors (Lipinski definition) is 2. The summed E-state index contributed by atoms with van der Waals surface area (Å²) in [5, 5.41) is 2.14. The maximum absolute atomic E-state index is 4.76. The monoisotopic (exact) mass is 280 g/mol. The van der Waals surface area contributed by atoms with Crippen LogP contribution in [0.25, 0.3) is 5.69 Å². The van der Waals surface area contributed by atoms with Gasteiger partial charge in [0.2, 0.25) is 0 Å². The molecular formula is C17H16N2S. The van der Waals surface area contributed by atoms with E-state index in [2.05, 4.69) is 72.3 Å². The van der Waals surface area contributed by atoms with Crippen LogP contribution >= 0.6 is 11.3 Å². The molecule has 3 heteroatoms. The van der Waals surface area contributed by atoms with Crippen molar-refractivity contribution in [3.05, 3.63) is 76.0 Å². The molecule has 0 saturated heterocycles. The fourth-order valence-electron chi connectivity index (χ4n) is 2.09. The molecule has 0 spiro atoms. The number of hydrogen-bond donors (Lipinski definition) is 0. The van der Waals surface area contributed by atoms with Crippen LogP contribution < -0.4 is 4.80 Å². The van der Waals surface area contributed by atoms with Gasteiger partial charge in [-0.2, -0.15) is 0 Å². The Morgan fingerprint density at radius 1 is 0.900 bits per heavy atom. The van der Waals surface area contributed by atoms with Crippen LogP contribution in [0.3, 0.4) is 0 Å². The van der Waals surface area contributed by atoms with Gasteiger partial charge < -0.3 is 0 Å². The Bertz CT molecular complexity index is 765. The van der Waals surface area contributed by atoms with Crippen molar-refractivity contribution in [3.8, 4) is 5.69 Å². The first-order valence-electron chi connectivity index (χ1n) is 6.58. The van der Waals surface area contributed by atoms with Gasteiger partial charge in [-0.05, 0) is 38.1 Å². The van der Waals surface area contributed by atoms with Gasteiger partial charge in [-0.15, -0.1) is 11.3 Å². The van der Waals surface area contributed by atoms with Gasteiger partial charge in [0.25, 0.3) is 0 Å². The van der Waals surface area contributed by atoms with Crippen LogP contribution in [0.4, 0.5) is 5.69 Å². The summed E-state index contributed by atoms with van der Waals surface area (Å²) in [5.41, 5.74) is 4.59. The predicted octanol–water partition coefficient (Wildman–Crippen LogP) is 4.39. The van der Waals surface area contributed by atoms with E-state index in [9.17, 15) is 0 Å². The maximum atomic E-state index is 4.76. The van der Waals surface area contributed by atoms with Crippen LogP contribution in [0.1, 0.15) is 11.3 Å². The molecule has 0 N–H and O–H groups in total. The van der Waals surface area contributed by atoms with Gasteiger partial charge in [-0.25, -0.2) is 4.99 Å². The van der Waals surface area contributed by atoms with Crippen LogP contribution in [0, 0.1) is 13.8 Å². The number of para-hydroxylation sites is 1. The Kier molecular flexibility index (Phi) is 3.52. The molecule has 0 atom stereocenters. The highest BCUT2D eigenvalue weighted by Crippen LogP contribution is 2.14. The molecule has 0 fully saturated rings. The van der Waals surface area contributed by atoms with E-state index in [1.54, 1.807) is 11.3 Å². The molecule has 2 aromatic carbocycles. The smallest absolute Gasteiger partial charge is 0.194 e. The second kappa shape index (κ2) is 5.47. The second-order valence-electron chi connectivity index (χ2n) is 4.78. The quantitative estimate of drug-likeness (QED) is 0.662. The zero-order valence-corrected chi connectivity index (χ0v) is 12.4. The molecule has 1 aromatic heterocycles. The third-order valence-electron chi connectivity index (χ3n) is 3.15. The van der Waals surface area contributed by atoms with Gasteiger partial charge in [-0.1, -0.05) is 35.9 Å². The molecule has 0 saturated carbocycles.